The van der Waals surface area contributed by atoms with E-state index in [2.05, 4.69) is 118 Å². The second-order valence-electron chi connectivity index (χ2n) is 12.7. The van der Waals surface area contributed by atoms with E-state index in [-0.39, 0.29) is 18.5 Å². The maximum atomic E-state index is 14.5. The number of ether oxygens (including phenoxy) is 1. The van der Waals surface area contributed by atoms with E-state index in [0.717, 1.165) is 16.7 Å². The maximum Gasteiger partial charge on any atom is 0.303 e. The largest absolute Gasteiger partial charge is 0.459 e. The SMILES string of the molecule is CC(=O)OCc1ccc(C2(SC(c3ccccc3)(c3ccccc3)c3ccccc3)N(C(C)(C)C)C(=O)C2(C)[SiH](C)C)o1. The first-order chi connectivity index (χ1) is 20.4. The molecule has 4 aromatic rings. The van der Waals surface area contributed by atoms with Crippen molar-refractivity contribution in [3.63, 3.8) is 0 Å². The first-order valence-electron chi connectivity index (χ1n) is 14.8. The minimum Gasteiger partial charge on any atom is -0.459 e. The molecule has 2 heterocycles. The number of rotatable bonds is 9. The molecule has 0 radical (unpaired) electrons. The van der Waals surface area contributed by atoms with Gasteiger partial charge < -0.3 is 14.1 Å². The number of carbonyl (C=O) groups is 2. The van der Waals surface area contributed by atoms with Gasteiger partial charge in [-0.25, -0.2) is 0 Å². The zero-order valence-corrected chi connectivity index (χ0v) is 28.1. The first-order valence-corrected chi connectivity index (χ1v) is 18.5. The predicted octanol–water partition coefficient (Wildman–Crippen LogP) is 8.11. The van der Waals surface area contributed by atoms with E-state index in [1.807, 2.05) is 30.3 Å². The summed E-state index contributed by atoms with van der Waals surface area (Å²) >= 11 is 1.79. The number of likely N-dealkylation sites (tertiary alicyclic amines) is 1. The fourth-order valence-electron chi connectivity index (χ4n) is 6.41. The fourth-order valence-corrected chi connectivity index (χ4v) is 11.1. The molecular formula is C36H41NO4SSi. The summed E-state index contributed by atoms with van der Waals surface area (Å²) in [5.41, 5.74) is 2.84. The van der Waals surface area contributed by atoms with Gasteiger partial charge in [0.25, 0.3) is 0 Å². The number of carbonyl (C=O) groups excluding carboxylic acids is 2. The van der Waals surface area contributed by atoms with Gasteiger partial charge in [0.2, 0.25) is 5.91 Å². The predicted molar refractivity (Wildman–Crippen MR) is 176 cm³/mol. The van der Waals surface area contributed by atoms with E-state index in [1.165, 1.54) is 6.92 Å². The van der Waals surface area contributed by atoms with E-state index >= 15 is 0 Å². The lowest BCUT2D eigenvalue weighted by Gasteiger charge is -2.69. The Morgan fingerprint density at radius 3 is 1.70 bits per heavy atom. The van der Waals surface area contributed by atoms with Crippen molar-refractivity contribution in [3.05, 3.63) is 131 Å². The summed E-state index contributed by atoms with van der Waals surface area (Å²) in [6.45, 7) is 14.4. The van der Waals surface area contributed by atoms with Crippen molar-refractivity contribution in [1.82, 2.24) is 4.90 Å². The molecule has 3 aromatic carbocycles. The topological polar surface area (TPSA) is 59.8 Å². The summed E-state index contributed by atoms with van der Waals surface area (Å²) in [7, 11) is -1.71. The summed E-state index contributed by atoms with van der Waals surface area (Å²) in [4.78, 5) is 27.3. The Bertz CT molecular complexity index is 1490. The van der Waals surface area contributed by atoms with Crippen LogP contribution in [0.2, 0.25) is 18.1 Å². The monoisotopic (exact) mass is 611 g/mol. The number of benzene rings is 3. The highest BCUT2D eigenvalue weighted by Gasteiger charge is 2.76. The minimum atomic E-state index is -1.71. The van der Waals surface area contributed by atoms with Crippen LogP contribution in [0.15, 0.2) is 108 Å². The lowest BCUT2D eigenvalue weighted by atomic mass is 9.79. The first kappa shape index (κ1) is 30.9. The standard InChI is InChI=1S/C36H41NO4SSi/c1-26(38)40-25-30-23-24-31(41-30)36(34(5,43(6)7)32(39)37(36)33(2,3)4)42-35(27-17-11-8-12-18-27,28-19-13-9-14-20-28)29-21-15-10-16-22-29/h8-24,43H,25H2,1-7H3. The van der Waals surface area contributed by atoms with Gasteiger partial charge >= 0.3 is 5.97 Å². The molecule has 2 unspecified atom stereocenters. The van der Waals surface area contributed by atoms with E-state index in [4.69, 9.17) is 9.15 Å². The Hall–Kier alpha value is -3.55. The summed E-state index contributed by atoms with van der Waals surface area (Å²) in [5, 5.41) is -0.689. The molecule has 1 amide bonds. The molecule has 5 rings (SSSR count). The average molecular weight is 612 g/mol. The molecule has 1 aliphatic rings. The molecule has 43 heavy (non-hydrogen) atoms. The van der Waals surface area contributed by atoms with Crippen molar-refractivity contribution < 1.29 is 18.7 Å². The summed E-state index contributed by atoms with van der Waals surface area (Å²) in [6, 6.07) is 35.6. The molecule has 2 atom stereocenters. The van der Waals surface area contributed by atoms with Gasteiger partial charge in [-0.3, -0.25) is 9.59 Å². The van der Waals surface area contributed by atoms with Gasteiger partial charge in [0.15, 0.2) is 4.87 Å². The van der Waals surface area contributed by atoms with Crippen molar-refractivity contribution in [2.24, 2.45) is 0 Å². The van der Waals surface area contributed by atoms with Crippen molar-refractivity contribution in [1.29, 1.82) is 0 Å². The number of thioether (sulfide) groups is 1. The molecule has 7 heteroatoms. The molecule has 5 nitrogen and oxygen atoms in total. The number of furan rings is 1. The third-order valence-corrected chi connectivity index (χ3v) is 14.0. The van der Waals surface area contributed by atoms with E-state index < -0.39 is 29.0 Å². The van der Waals surface area contributed by atoms with Crippen LogP contribution in [0.25, 0.3) is 0 Å². The quantitative estimate of drug-likeness (QED) is 0.0828. The molecule has 0 saturated carbocycles. The van der Waals surface area contributed by atoms with Gasteiger partial charge in [-0.2, -0.15) is 0 Å². The average Bonchev–Trinajstić information content (AvgIpc) is 3.47. The lowest BCUT2D eigenvalue weighted by molar-refractivity contribution is -0.170. The van der Waals surface area contributed by atoms with Crippen LogP contribution in [0, 0.1) is 0 Å². The van der Waals surface area contributed by atoms with Crippen LogP contribution in [0.4, 0.5) is 0 Å². The summed E-state index contributed by atoms with van der Waals surface area (Å²) in [5.74, 6) is 1.03. The molecule has 1 saturated heterocycles. The Morgan fingerprint density at radius 2 is 1.30 bits per heavy atom. The van der Waals surface area contributed by atoms with Gasteiger partial charge in [0.05, 0.1) is 18.6 Å². The molecule has 1 fully saturated rings. The summed E-state index contributed by atoms with van der Waals surface area (Å²) in [6.07, 6.45) is 0. The molecule has 1 aromatic heterocycles. The van der Waals surface area contributed by atoms with E-state index in [9.17, 15) is 9.59 Å². The molecule has 0 bridgehead atoms. The van der Waals surface area contributed by atoms with Crippen molar-refractivity contribution >= 4 is 32.4 Å². The van der Waals surface area contributed by atoms with Crippen molar-refractivity contribution in [2.45, 2.75) is 74.5 Å². The van der Waals surface area contributed by atoms with Crippen LogP contribution < -0.4 is 0 Å². The van der Waals surface area contributed by atoms with Gasteiger partial charge in [0.1, 0.15) is 18.1 Å². The van der Waals surface area contributed by atoms with Crippen LogP contribution >= 0.6 is 11.8 Å². The Kier molecular flexibility index (Phi) is 8.27. The molecule has 0 aliphatic carbocycles. The number of β-lactam (4-membered cyclic amide) rings is 1. The normalized spacial score (nSPS) is 20.7. The Morgan fingerprint density at radius 1 is 0.837 bits per heavy atom. The number of esters is 1. The van der Waals surface area contributed by atoms with Gasteiger partial charge in [-0.05, 0) is 49.6 Å². The van der Waals surface area contributed by atoms with Crippen LogP contribution in [0.1, 0.15) is 62.8 Å². The maximum absolute atomic E-state index is 14.5. The third kappa shape index (κ3) is 4.96. The zero-order valence-electron chi connectivity index (χ0n) is 26.1. The second kappa shape index (κ2) is 11.5. The highest BCUT2D eigenvalue weighted by molar-refractivity contribution is 8.01. The molecule has 224 valence electrons. The van der Waals surface area contributed by atoms with E-state index in [1.54, 1.807) is 11.8 Å². The zero-order chi connectivity index (χ0) is 31.0. The van der Waals surface area contributed by atoms with Crippen LogP contribution in [0.5, 0.6) is 0 Å². The van der Waals surface area contributed by atoms with E-state index in [0.29, 0.717) is 11.5 Å². The van der Waals surface area contributed by atoms with Gasteiger partial charge in [-0.1, -0.05) is 111 Å². The number of hydrogen-bond donors (Lipinski definition) is 0. The van der Waals surface area contributed by atoms with Crippen molar-refractivity contribution in [3.8, 4) is 0 Å². The second-order valence-corrected chi connectivity index (χ2v) is 17.6. The smallest absolute Gasteiger partial charge is 0.303 e. The molecule has 0 N–H and O–H groups in total. The minimum absolute atomic E-state index is 0.0383. The number of amides is 1. The molecule has 1 aliphatic heterocycles. The number of hydrogen-bond acceptors (Lipinski definition) is 5. The molecule has 0 spiro atoms. The van der Waals surface area contributed by atoms with Crippen LogP contribution in [0.3, 0.4) is 0 Å². The highest BCUT2D eigenvalue weighted by Crippen LogP contribution is 2.74. The Labute approximate surface area is 261 Å². The van der Waals surface area contributed by atoms with Crippen LogP contribution in [-0.2, 0) is 30.6 Å². The van der Waals surface area contributed by atoms with Crippen LogP contribution in [-0.4, -0.2) is 31.1 Å². The third-order valence-electron chi connectivity index (χ3n) is 8.75. The van der Waals surface area contributed by atoms with Gasteiger partial charge in [0, 0.05) is 12.5 Å². The molecular weight excluding hydrogens is 571 g/mol. The highest BCUT2D eigenvalue weighted by atomic mass is 32.2. The summed E-state index contributed by atoms with van der Waals surface area (Å²) < 4.78 is 11.3. The van der Waals surface area contributed by atoms with Crippen molar-refractivity contribution in [2.75, 3.05) is 0 Å². The lowest BCUT2D eigenvalue weighted by Crippen LogP contribution is -2.77. The fraction of sp³-hybridized carbons (Fsp3) is 0.333. The Balaban J connectivity index is 1.88. The van der Waals surface area contributed by atoms with Gasteiger partial charge in [-0.15, -0.1) is 11.8 Å². The number of nitrogens with zero attached hydrogens (tertiary/aromatic N) is 1.